The van der Waals surface area contributed by atoms with Gasteiger partial charge >= 0.3 is 0 Å². The molecule has 0 bridgehead atoms. The summed E-state index contributed by atoms with van der Waals surface area (Å²) in [7, 11) is 1.63. The minimum Gasteiger partial charge on any atom is -0.497 e. The number of hydrogen-bond acceptors (Lipinski definition) is 5. The zero-order valence-electron chi connectivity index (χ0n) is 15.9. The molecule has 29 heavy (non-hydrogen) atoms. The Kier molecular flexibility index (Phi) is 5.33. The first kappa shape index (κ1) is 18.4. The number of methoxy groups -OCH3 is 1. The SMILES string of the molecule is COc1ccc(Nc2ncc(C(=O)NCc3cccnc3)c3ccccc23)cc1. The quantitative estimate of drug-likeness (QED) is 0.518. The highest BCUT2D eigenvalue weighted by molar-refractivity contribution is 6.09. The Labute approximate surface area is 168 Å². The lowest BCUT2D eigenvalue weighted by Gasteiger charge is -2.13. The van der Waals surface area contributed by atoms with E-state index in [0.29, 0.717) is 17.9 Å². The molecule has 2 N–H and O–H groups in total. The van der Waals surface area contributed by atoms with Gasteiger partial charge in [-0.15, -0.1) is 0 Å². The Morgan fingerprint density at radius 1 is 0.966 bits per heavy atom. The predicted octanol–water partition coefficient (Wildman–Crippen LogP) is 4.31. The van der Waals surface area contributed by atoms with Gasteiger partial charge in [-0.05, 0) is 41.3 Å². The summed E-state index contributed by atoms with van der Waals surface area (Å²) in [6.07, 6.45) is 5.04. The lowest BCUT2D eigenvalue weighted by Crippen LogP contribution is -2.23. The number of anilines is 2. The summed E-state index contributed by atoms with van der Waals surface area (Å²) in [4.78, 5) is 21.3. The smallest absolute Gasteiger partial charge is 0.253 e. The molecule has 0 saturated carbocycles. The average molecular weight is 384 g/mol. The summed E-state index contributed by atoms with van der Waals surface area (Å²) in [5, 5.41) is 7.96. The maximum absolute atomic E-state index is 12.8. The monoisotopic (exact) mass is 384 g/mol. The van der Waals surface area contributed by atoms with Gasteiger partial charge in [0.2, 0.25) is 0 Å². The molecule has 0 atom stereocenters. The first-order valence-corrected chi connectivity index (χ1v) is 9.20. The van der Waals surface area contributed by atoms with E-state index in [0.717, 1.165) is 27.8 Å². The topological polar surface area (TPSA) is 76.1 Å². The molecular weight excluding hydrogens is 364 g/mol. The molecule has 0 saturated heterocycles. The number of fused-ring (bicyclic) bond motifs is 1. The van der Waals surface area contributed by atoms with Crippen LogP contribution in [0.25, 0.3) is 10.8 Å². The van der Waals surface area contributed by atoms with Crippen LogP contribution in [0.15, 0.2) is 79.3 Å². The summed E-state index contributed by atoms with van der Waals surface area (Å²) in [6, 6.07) is 19.1. The molecule has 0 spiro atoms. The molecular formula is C23H20N4O2. The highest BCUT2D eigenvalue weighted by Crippen LogP contribution is 2.27. The molecule has 6 heteroatoms. The van der Waals surface area contributed by atoms with Crippen molar-refractivity contribution in [2.75, 3.05) is 12.4 Å². The third-order valence-electron chi connectivity index (χ3n) is 4.57. The lowest BCUT2D eigenvalue weighted by atomic mass is 10.1. The fourth-order valence-corrected chi connectivity index (χ4v) is 3.06. The van der Waals surface area contributed by atoms with E-state index < -0.39 is 0 Å². The van der Waals surface area contributed by atoms with Crippen LogP contribution in [0.2, 0.25) is 0 Å². The Bertz CT molecular complexity index is 1130. The number of ether oxygens (including phenoxy) is 1. The van der Waals surface area contributed by atoms with Gasteiger partial charge in [-0.2, -0.15) is 0 Å². The molecule has 2 aromatic carbocycles. The van der Waals surface area contributed by atoms with Crippen molar-refractivity contribution in [3.63, 3.8) is 0 Å². The second-order valence-electron chi connectivity index (χ2n) is 6.46. The zero-order chi connectivity index (χ0) is 20.1. The number of nitrogens with one attached hydrogen (secondary N) is 2. The Morgan fingerprint density at radius 2 is 1.76 bits per heavy atom. The van der Waals surface area contributed by atoms with Crippen molar-refractivity contribution in [1.82, 2.24) is 15.3 Å². The lowest BCUT2D eigenvalue weighted by molar-refractivity contribution is 0.0952. The first-order valence-electron chi connectivity index (χ1n) is 9.20. The maximum Gasteiger partial charge on any atom is 0.253 e. The molecule has 4 aromatic rings. The van der Waals surface area contributed by atoms with Gasteiger partial charge in [-0.3, -0.25) is 9.78 Å². The van der Waals surface area contributed by atoms with Crippen molar-refractivity contribution >= 4 is 28.2 Å². The molecule has 2 aromatic heterocycles. The molecule has 0 aliphatic rings. The number of rotatable bonds is 6. The van der Waals surface area contributed by atoms with Crippen molar-refractivity contribution in [3.8, 4) is 5.75 Å². The average Bonchev–Trinajstić information content (AvgIpc) is 2.79. The van der Waals surface area contributed by atoms with Crippen LogP contribution in [0.1, 0.15) is 15.9 Å². The second kappa shape index (κ2) is 8.39. The van der Waals surface area contributed by atoms with E-state index in [9.17, 15) is 4.79 Å². The molecule has 0 fully saturated rings. The molecule has 144 valence electrons. The molecule has 4 rings (SSSR count). The Morgan fingerprint density at radius 3 is 2.48 bits per heavy atom. The van der Waals surface area contributed by atoms with E-state index in [1.165, 1.54) is 0 Å². The highest BCUT2D eigenvalue weighted by Gasteiger charge is 2.13. The molecule has 0 aliphatic heterocycles. The number of aromatic nitrogens is 2. The van der Waals surface area contributed by atoms with Gasteiger partial charge in [0.25, 0.3) is 5.91 Å². The summed E-state index contributed by atoms with van der Waals surface area (Å²) in [5.74, 6) is 1.30. The van der Waals surface area contributed by atoms with Crippen LogP contribution < -0.4 is 15.4 Å². The number of nitrogens with zero attached hydrogens (tertiary/aromatic N) is 2. The van der Waals surface area contributed by atoms with Crippen LogP contribution in [-0.4, -0.2) is 23.0 Å². The van der Waals surface area contributed by atoms with Gasteiger partial charge in [0.05, 0.1) is 12.7 Å². The largest absolute Gasteiger partial charge is 0.497 e. The summed E-state index contributed by atoms with van der Waals surface area (Å²) >= 11 is 0. The van der Waals surface area contributed by atoms with Crippen molar-refractivity contribution in [1.29, 1.82) is 0 Å². The van der Waals surface area contributed by atoms with Gasteiger partial charge in [-0.25, -0.2) is 4.98 Å². The number of hydrogen-bond donors (Lipinski definition) is 2. The molecule has 0 aliphatic carbocycles. The van der Waals surface area contributed by atoms with Crippen molar-refractivity contribution < 1.29 is 9.53 Å². The summed E-state index contributed by atoms with van der Waals surface area (Å²) in [6.45, 7) is 0.410. The summed E-state index contributed by atoms with van der Waals surface area (Å²) < 4.78 is 5.19. The van der Waals surface area contributed by atoms with E-state index >= 15 is 0 Å². The molecule has 0 unspecified atom stereocenters. The fraction of sp³-hybridized carbons (Fsp3) is 0.0870. The van der Waals surface area contributed by atoms with Crippen LogP contribution >= 0.6 is 0 Å². The van der Waals surface area contributed by atoms with Gasteiger partial charge in [0, 0.05) is 36.2 Å². The zero-order valence-corrected chi connectivity index (χ0v) is 15.9. The number of pyridine rings is 2. The van der Waals surface area contributed by atoms with Crippen LogP contribution in [-0.2, 0) is 6.54 Å². The Hall–Kier alpha value is -3.93. The number of carbonyl (C=O) groups excluding carboxylic acids is 1. The second-order valence-corrected chi connectivity index (χ2v) is 6.46. The normalized spacial score (nSPS) is 10.5. The van der Waals surface area contributed by atoms with Gasteiger partial charge in [0.1, 0.15) is 11.6 Å². The van der Waals surface area contributed by atoms with E-state index in [4.69, 9.17) is 4.74 Å². The van der Waals surface area contributed by atoms with Gasteiger partial charge in [-0.1, -0.05) is 30.3 Å². The van der Waals surface area contributed by atoms with Crippen LogP contribution in [0.3, 0.4) is 0 Å². The van der Waals surface area contributed by atoms with E-state index in [1.807, 2.05) is 60.7 Å². The first-order chi connectivity index (χ1) is 14.2. The molecule has 0 radical (unpaired) electrons. The summed E-state index contributed by atoms with van der Waals surface area (Å²) in [5.41, 5.74) is 2.36. The molecule has 2 heterocycles. The number of amides is 1. The van der Waals surface area contributed by atoms with Crippen molar-refractivity contribution in [2.24, 2.45) is 0 Å². The Balaban J connectivity index is 1.59. The number of benzene rings is 2. The van der Waals surface area contributed by atoms with Crippen molar-refractivity contribution in [3.05, 3.63) is 90.4 Å². The third kappa shape index (κ3) is 4.16. The highest BCUT2D eigenvalue weighted by atomic mass is 16.5. The molecule has 1 amide bonds. The van der Waals surface area contributed by atoms with E-state index in [-0.39, 0.29) is 5.91 Å². The van der Waals surface area contributed by atoms with Gasteiger partial charge < -0.3 is 15.4 Å². The standard InChI is InChI=1S/C23H20N4O2/c1-29-18-10-8-17(9-11-18)27-22-20-7-3-2-6-19(20)21(15-25-22)23(28)26-14-16-5-4-12-24-13-16/h2-13,15H,14H2,1H3,(H,25,27)(H,26,28). The van der Waals surface area contributed by atoms with Crippen LogP contribution in [0.5, 0.6) is 5.75 Å². The third-order valence-corrected chi connectivity index (χ3v) is 4.57. The van der Waals surface area contributed by atoms with Crippen LogP contribution in [0, 0.1) is 0 Å². The van der Waals surface area contributed by atoms with E-state index in [2.05, 4.69) is 20.6 Å². The minimum absolute atomic E-state index is 0.173. The molecule has 6 nitrogen and oxygen atoms in total. The van der Waals surface area contributed by atoms with Crippen molar-refractivity contribution in [2.45, 2.75) is 6.54 Å². The minimum atomic E-state index is -0.173. The van der Waals surface area contributed by atoms with Gasteiger partial charge in [0.15, 0.2) is 0 Å². The van der Waals surface area contributed by atoms with E-state index in [1.54, 1.807) is 25.7 Å². The number of carbonyl (C=O) groups is 1. The van der Waals surface area contributed by atoms with Crippen LogP contribution in [0.4, 0.5) is 11.5 Å². The predicted molar refractivity (Wildman–Crippen MR) is 113 cm³/mol. The maximum atomic E-state index is 12.8. The fourth-order valence-electron chi connectivity index (χ4n) is 3.06.